The van der Waals surface area contributed by atoms with Crippen molar-refractivity contribution >= 4 is 16.9 Å². The molecule has 1 aliphatic heterocycles. The number of furan rings is 1. The summed E-state index contributed by atoms with van der Waals surface area (Å²) in [5, 5.41) is 3.92. The zero-order valence-corrected chi connectivity index (χ0v) is 18.9. The molecule has 0 atom stereocenters. The lowest BCUT2D eigenvalue weighted by Gasteiger charge is -2.23. The van der Waals surface area contributed by atoms with Crippen LogP contribution in [0.15, 0.2) is 77.2 Å². The molecular weight excluding hydrogens is 455 g/mol. The maximum absolute atomic E-state index is 13.1. The second-order valence-electron chi connectivity index (χ2n) is 8.75. The highest BCUT2D eigenvalue weighted by atomic mass is 19.4. The van der Waals surface area contributed by atoms with Crippen molar-refractivity contribution in [2.75, 3.05) is 13.2 Å². The highest BCUT2D eigenvalue weighted by Gasteiger charge is 2.30. The van der Waals surface area contributed by atoms with Crippen LogP contribution in [0.4, 0.5) is 13.2 Å². The number of amides is 1. The molecule has 1 aliphatic rings. The first kappa shape index (κ1) is 23.2. The van der Waals surface area contributed by atoms with Gasteiger partial charge in [-0.25, -0.2) is 0 Å². The van der Waals surface area contributed by atoms with Gasteiger partial charge in [-0.3, -0.25) is 4.79 Å². The SMILES string of the molecule is O=C(NC1CCOCC1)c1cccc(-c2cccc3oc(Cc4cccc(C(F)(F)F)c4)cc23)c1. The highest BCUT2D eigenvalue weighted by molar-refractivity contribution is 5.98. The first-order chi connectivity index (χ1) is 16.9. The summed E-state index contributed by atoms with van der Waals surface area (Å²) >= 11 is 0. The summed E-state index contributed by atoms with van der Waals surface area (Å²) in [6.45, 7) is 1.30. The Hall–Kier alpha value is -3.58. The van der Waals surface area contributed by atoms with Crippen molar-refractivity contribution in [2.45, 2.75) is 31.5 Å². The Kier molecular flexibility index (Phi) is 6.34. The third-order valence-corrected chi connectivity index (χ3v) is 6.24. The lowest BCUT2D eigenvalue weighted by atomic mass is 9.99. The van der Waals surface area contributed by atoms with Gasteiger partial charge in [-0.1, -0.05) is 42.5 Å². The summed E-state index contributed by atoms with van der Waals surface area (Å²) in [4.78, 5) is 12.8. The van der Waals surface area contributed by atoms with Crippen LogP contribution in [0.2, 0.25) is 0 Å². The number of ether oxygens (including phenoxy) is 1. The summed E-state index contributed by atoms with van der Waals surface area (Å²) in [7, 11) is 0. The van der Waals surface area contributed by atoms with E-state index in [2.05, 4.69) is 5.32 Å². The van der Waals surface area contributed by atoms with E-state index in [1.165, 1.54) is 6.07 Å². The van der Waals surface area contributed by atoms with Gasteiger partial charge in [-0.15, -0.1) is 0 Å². The largest absolute Gasteiger partial charge is 0.461 e. The number of fused-ring (bicyclic) bond motifs is 1. The molecule has 5 rings (SSSR count). The van der Waals surface area contributed by atoms with Crippen molar-refractivity contribution in [1.82, 2.24) is 5.32 Å². The van der Waals surface area contributed by atoms with Gasteiger partial charge < -0.3 is 14.5 Å². The molecule has 1 fully saturated rings. The van der Waals surface area contributed by atoms with Gasteiger partial charge in [0.2, 0.25) is 0 Å². The average Bonchev–Trinajstić information content (AvgIpc) is 3.27. The van der Waals surface area contributed by atoms with E-state index in [1.54, 1.807) is 12.1 Å². The number of nitrogens with one attached hydrogen (secondary N) is 1. The molecule has 1 aromatic heterocycles. The normalized spacial score (nSPS) is 14.8. The van der Waals surface area contributed by atoms with Gasteiger partial charge >= 0.3 is 6.18 Å². The van der Waals surface area contributed by atoms with Gasteiger partial charge in [0.15, 0.2) is 0 Å². The molecule has 3 aromatic carbocycles. The molecule has 1 amide bonds. The fourth-order valence-electron chi connectivity index (χ4n) is 4.45. The Labute approximate surface area is 200 Å². The fraction of sp³-hybridized carbons (Fsp3) is 0.250. The second-order valence-corrected chi connectivity index (χ2v) is 8.75. The van der Waals surface area contributed by atoms with Crippen LogP contribution in [0.5, 0.6) is 0 Å². The molecule has 180 valence electrons. The van der Waals surface area contributed by atoms with Crippen molar-refractivity contribution in [3.63, 3.8) is 0 Å². The van der Waals surface area contributed by atoms with Gasteiger partial charge in [-0.2, -0.15) is 13.2 Å². The van der Waals surface area contributed by atoms with E-state index in [-0.39, 0.29) is 18.4 Å². The van der Waals surface area contributed by atoms with Crippen LogP contribution in [0.1, 0.15) is 40.1 Å². The zero-order chi connectivity index (χ0) is 24.4. The smallest absolute Gasteiger partial charge is 0.416 e. The molecule has 0 radical (unpaired) electrons. The van der Waals surface area contributed by atoms with Crippen LogP contribution >= 0.6 is 0 Å². The first-order valence-electron chi connectivity index (χ1n) is 11.5. The van der Waals surface area contributed by atoms with Crippen molar-refractivity contribution in [3.8, 4) is 11.1 Å². The van der Waals surface area contributed by atoms with Crippen LogP contribution in [-0.2, 0) is 17.3 Å². The van der Waals surface area contributed by atoms with E-state index in [9.17, 15) is 18.0 Å². The Balaban J connectivity index is 1.41. The number of carbonyl (C=O) groups excluding carboxylic acids is 1. The number of alkyl halides is 3. The van der Waals surface area contributed by atoms with Crippen LogP contribution < -0.4 is 5.32 Å². The molecule has 0 bridgehead atoms. The number of benzene rings is 3. The summed E-state index contributed by atoms with van der Waals surface area (Å²) in [6, 6.07) is 20.3. The third-order valence-electron chi connectivity index (χ3n) is 6.24. The molecular formula is C28H24F3NO3. The van der Waals surface area contributed by atoms with Gasteiger partial charge in [0.05, 0.1) is 5.56 Å². The highest BCUT2D eigenvalue weighted by Crippen LogP contribution is 2.33. The van der Waals surface area contributed by atoms with Crippen molar-refractivity contribution in [2.24, 2.45) is 0 Å². The number of halogens is 3. The molecule has 0 spiro atoms. The first-order valence-corrected chi connectivity index (χ1v) is 11.5. The predicted octanol–water partition coefficient (Wildman–Crippen LogP) is 6.62. The number of hydrogen-bond donors (Lipinski definition) is 1. The molecule has 0 unspecified atom stereocenters. The van der Waals surface area contributed by atoms with Crippen LogP contribution in [-0.4, -0.2) is 25.2 Å². The van der Waals surface area contributed by atoms with Crippen molar-refractivity contribution in [1.29, 1.82) is 0 Å². The molecule has 4 aromatic rings. The van der Waals surface area contributed by atoms with E-state index >= 15 is 0 Å². The summed E-state index contributed by atoms with van der Waals surface area (Å²) < 4.78 is 50.6. The van der Waals surface area contributed by atoms with E-state index in [0.717, 1.165) is 41.5 Å². The minimum absolute atomic E-state index is 0.107. The summed E-state index contributed by atoms with van der Waals surface area (Å²) in [5.41, 5.74) is 2.80. The number of rotatable bonds is 5. The van der Waals surface area contributed by atoms with Crippen molar-refractivity contribution < 1.29 is 27.1 Å². The lowest BCUT2D eigenvalue weighted by molar-refractivity contribution is -0.137. The monoisotopic (exact) mass is 479 g/mol. The third kappa shape index (κ3) is 5.25. The van der Waals surface area contributed by atoms with E-state index in [1.807, 2.05) is 42.5 Å². The molecule has 2 heterocycles. The maximum atomic E-state index is 13.1. The van der Waals surface area contributed by atoms with Crippen LogP contribution in [0.25, 0.3) is 22.1 Å². The molecule has 4 nitrogen and oxygen atoms in total. The molecule has 7 heteroatoms. The Morgan fingerprint density at radius 2 is 1.71 bits per heavy atom. The van der Waals surface area contributed by atoms with Gasteiger partial charge in [0.25, 0.3) is 5.91 Å². The quantitative estimate of drug-likeness (QED) is 0.350. The average molecular weight is 479 g/mol. The molecule has 1 N–H and O–H groups in total. The van der Waals surface area contributed by atoms with Gasteiger partial charge in [-0.05, 0) is 59.9 Å². The minimum atomic E-state index is -4.39. The summed E-state index contributed by atoms with van der Waals surface area (Å²) in [5.74, 6) is 0.448. The molecule has 0 aliphatic carbocycles. The van der Waals surface area contributed by atoms with Crippen LogP contribution in [0.3, 0.4) is 0 Å². The maximum Gasteiger partial charge on any atom is 0.416 e. The Morgan fingerprint density at radius 3 is 2.51 bits per heavy atom. The van der Waals surface area contributed by atoms with E-state index < -0.39 is 11.7 Å². The van der Waals surface area contributed by atoms with Crippen molar-refractivity contribution in [3.05, 3.63) is 95.2 Å². The van der Waals surface area contributed by atoms with Crippen LogP contribution in [0, 0.1) is 0 Å². The standard InChI is InChI=1S/C28H24F3NO3/c29-28(30,31)21-7-1-4-18(14-21)15-23-17-25-24(8-3-9-26(25)35-23)19-5-2-6-20(16-19)27(33)32-22-10-12-34-13-11-22/h1-9,14,16-17,22H,10-13,15H2,(H,32,33). The van der Waals surface area contributed by atoms with Gasteiger partial charge in [0.1, 0.15) is 11.3 Å². The Bertz CT molecular complexity index is 1350. The van der Waals surface area contributed by atoms with E-state index in [4.69, 9.17) is 9.15 Å². The topological polar surface area (TPSA) is 51.5 Å². The number of carbonyl (C=O) groups is 1. The van der Waals surface area contributed by atoms with Gasteiger partial charge in [0, 0.05) is 36.6 Å². The predicted molar refractivity (Wildman–Crippen MR) is 127 cm³/mol. The second kappa shape index (κ2) is 9.58. The molecule has 0 saturated carbocycles. The summed E-state index contributed by atoms with van der Waals surface area (Å²) in [6.07, 6.45) is -2.55. The number of hydrogen-bond acceptors (Lipinski definition) is 3. The Morgan fingerprint density at radius 1 is 0.943 bits per heavy atom. The fourth-order valence-corrected chi connectivity index (χ4v) is 4.45. The molecule has 35 heavy (non-hydrogen) atoms. The molecule has 1 saturated heterocycles. The zero-order valence-electron chi connectivity index (χ0n) is 18.9. The van der Waals surface area contributed by atoms with E-state index in [0.29, 0.717) is 35.7 Å². The minimum Gasteiger partial charge on any atom is -0.461 e. The lowest BCUT2D eigenvalue weighted by Crippen LogP contribution is -2.38.